The van der Waals surface area contributed by atoms with E-state index in [1.807, 2.05) is 42.1 Å². The van der Waals surface area contributed by atoms with E-state index in [4.69, 9.17) is 11.6 Å². The third kappa shape index (κ3) is 3.60. The zero-order chi connectivity index (χ0) is 19.7. The van der Waals surface area contributed by atoms with Crippen molar-refractivity contribution in [3.8, 4) is 5.69 Å². The molecule has 0 aliphatic carbocycles. The molecule has 0 bridgehead atoms. The molecule has 0 atom stereocenters. The first-order valence-corrected chi connectivity index (χ1v) is 9.98. The minimum absolute atomic E-state index is 0.163. The van der Waals surface area contributed by atoms with Crippen molar-refractivity contribution in [3.63, 3.8) is 0 Å². The van der Waals surface area contributed by atoms with E-state index in [1.165, 1.54) is 11.3 Å². The highest BCUT2D eigenvalue weighted by molar-refractivity contribution is 6.31. The lowest BCUT2D eigenvalue weighted by atomic mass is 10.2. The molecule has 0 spiro atoms. The number of hydrogen-bond acceptors (Lipinski definition) is 3. The summed E-state index contributed by atoms with van der Waals surface area (Å²) in [5.74, 6) is 0. The summed E-state index contributed by atoms with van der Waals surface area (Å²) in [4.78, 5) is 17.5. The number of nitrogens with zero attached hydrogens (tertiary/aromatic N) is 4. The van der Waals surface area contributed by atoms with Crippen molar-refractivity contribution in [1.82, 2.24) is 14.3 Å². The summed E-state index contributed by atoms with van der Waals surface area (Å²) < 4.78 is 3.52. The Morgan fingerprint density at radius 3 is 2.29 bits per heavy atom. The van der Waals surface area contributed by atoms with Gasteiger partial charge in [0.1, 0.15) is 5.02 Å². The number of anilines is 1. The van der Waals surface area contributed by atoms with E-state index in [1.54, 1.807) is 4.68 Å². The number of rotatable bonds is 4. The van der Waals surface area contributed by atoms with E-state index in [2.05, 4.69) is 41.0 Å². The van der Waals surface area contributed by atoms with Gasteiger partial charge in [-0.05, 0) is 36.8 Å². The van der Waals surface area contributed by atoms with Crippen LogP contribution in [0.5, 0.6) is 0 Å². The Morgan fingerprint density at radius 1 is 0.929 bits per heavy atom. The quantitative estimate of drug-likeness (QED) is 0.677. The maximum Gasteiger partial charge on any atom is 0.290 e. The van der Waals surface area contributed by atoms with Gasteiger partial charge >= 0.3 is 0 Å². The fraction of sp³-hybridized carbons (Fsp3) is 0.318. The lowest BCUT2D eigenvalue weighted by Gasteiger charge is -2.36. The Labute approximate surface area is 170 Å². The summed E-state index contributed by atoms with van der Waals surface area (Å²) >= 11 is 6.44. The molecule has 4 rings (SSSR count). The second kappa shape index (κ2) is 7.86. The Kier molecular flexibility index (Phi) is 5.29. The molecule has 1 aromatic heterocycles. The van der Waals surface area contributed by atoms with Gasteiger partial charge in [-0.1, -0.05) is 41.9 Å². The summed E-state index contributed by atoms with van der Waals surface area (Å²) in [5, 5.41) is 0.312. The number of aryl methyl sites for hydroxylation is 1. The Balaban J connectivity index is 1.50. The van der Waals surface area contributed by atoms with Crippen molar-refractivity contribution in [2.75, 3.05) is 31.1 Å². The molecular formula is C22H25ClN4O. The van der Waals surface area contributed by atoms with Gasteiger partial charge in [0.15, 0.2) is 0 Å². The van der Waals surface area contributed by atoms with Crippen LogP contribution in [-0.4, -0.2) is 40.4 Å². The largest absolute Gasteiger partial charge is 0.369 e. The maximum absolute atomic E-state index is 12.7. The molecule has 2 heterocycles. The van der Waals surface area contributed by atoms with Gasteiger partial charge in [0.25, 0.3) is 5.56 Å². The molecule has 0 amide bonds. The Hall–Kier alpha value is -2.50. The number of halogens is 1. The lowest BCUT2D eigenvalue weighted by molar-refractivity contribution is 0.243. The van der Waals surface area contributed by atoms with E-state index in [9.17, 15) is 4.79 Å². The van der Waals surface area contributed by atoms with Crippen LogP contribution in [0, 0.1) is 6.92 Å². The predicted octanol–water partition coefficient (Wildman–Crippen LogP) is 3.46. The van der Waals surface area contributed by atoms with Crippen LogP contribution in [0.1, 0.15) is 11.3 Å². The van der Waals surface area contributed by atoms with Crippen LogP contribution in [-0.2, 0) is 13.6 Å². The first kappa shape index (κ1) is 18.8. The van der Waals surface area contributed by atoms with E-state index < -0.39 is 0 Å². The van der Waals surface area contributed by atoms with E-state index >= 15 is 0 Å². The van der Waals surface area contributed by atoms with Gasteiger partial charge < -0.3 is 4.90 Å². The number of benzene rings is 2. The van der Waals surface area contributed by atoms with Crippen LogP contribution >= 0.6 is 11.6 Å². The van der Waals surface area contributed by atoms with Crippen molar-refractivity contribution >= 4 is 17.3 Å². The molecule has 1 fully saturated rings. The van der Waals surface area contributed by atoms with Gasteiger partial charge in [-0.15, -0.1) is 0 Å². The molecule has 3 aromatic rings. The molecule has 0 saturated carbocycles. The lowest BCUT2D eigenvalue weighted by Crippen LogP contribution is -2.46. The Bertz CT molecular complexity index is 1020. The number of para-hydroxylation sites is 1. The standard InChI is InChI=1S/C22H25ClN4O/c1-17-7-6-10-19(15-17)26-13-11-25(12-14-26)16-20-21(23)22(28)27(24(20)2)18-8-4-3-5-9-18/h3-10,15H,11-14,16H2,1-2H3. The zero-order valence-corrected chi connectivity index (χ0v) is 17.1. The van der Waals surface area contributed by atoms with Crippen LogP contribution in [0.2, 0.25) is 5.02 Å². The average molecular weight is 397 g/mol. The SMILES string of the molecule is Cc1cccc(N2CCN(Cc3c(Cl)c(=O)n(-c4ccccc4)n3C)CC2)c1. The summed E-state index contributed by atoms with van der Waals surface area (Å²) in [6.45, 7) is 6.61. The van der Waals surface area contributed by atoms with Crippen molar-refractivity contribution in [2.45, 2.75) is 13.5 Å². The molecule has 1 aliphatic rings. The monoisotopic (exact) mass is 396 g/mol. The minimum atomic E-state index is -0.163. The first-order chi connectivity index (χ1) is 13.5. The molecule has 0 unspecified atom stereocenters. The summed E-state index contributed by atoms with van der Waals surface area (Å²) in [5.41, 5.74) is 4.08. The summed E-state index contributed by atoms with van der Waals surface area (Å²) in [6, 6.07) is 18.3. The van der Waals surface area contributed by atoms with Crippen molar-refractivity contribution in [1.29, 1.82) is 0 Å². The molecule has 28 heavy (non-hydrogen) atoms. The topological polar surface area (TPSA) is 33.4 Å². The number of piperazine rings is 1. The molecule has 2 aromatic carbocycles. The van der Waals surface area contributed by atoms with Crippen molar-refractivity contribution < 1.29 is 0 Å². The van der Waals surface area contributed by atoms with Gasteiger partial charge in [0, 0.05) is 45.5 Å². The molecule has 0 radical (unpaired) electrons. The fourth-order valence-corrected chi connectivity index (χ4v) is 4.11. The molecule has 6 heteroatoms. The highest BCUT2D eigenvalue weighted by Gasteiger charge is 2.22. The Morgan fingerprint density at radius 2 is 1.61 bits per heavy atom. The number of aromatic nitrogens is 2. The number of hydrogen-bond donors (Lipinski definition) is 0. The van der Waals surface area contributed by atoms with Gasteiger partial charge in [-0.3, -0.25) is 14.4 Å². The molecule has 146 valence electrons. The summed E-state index contributed by atoms with van der Waals surface area (Å²) in [7, 11) is 1.90. The normalized spacial score (nSPS) is 15.2. The molecule has 1 saturated heterocycles. The third-order valence-corrected chi connectivity index (χ3v) is 5.82. The first-order valence-electron chi connectivity index (χ1n) is 9.60. The van der Waals surface area contributed by atoms with Crippen LogP contribution in [0.4, 0.5) is 5.69 Å². The molecule has 1 aliphatic heterocycles. The van der Waals surface area contributed by atoms with Crippen molar-refractivity contribution in [2.24, 2.45) is 7.05 Å². The second-order valence-electron chi connectivity index (χ2n) is 7.34. The van der Waals surface area contributed by atoms with Crippen LogP contribution in [0.3, 0.4) is 0 Å². The van der Waals surface area contributed by atoms with E-state index in [0.717, 1.165) is 37.6 Å². The average Bonchev–Trinajstić information content (AvgIpc) is 2.92. The van der Waals surface area contributed by atoms with Gasteiger partial charge in [0.2, 0.25) is 0 Å². The van der Waals surface area contributed by atoms with Gasteiger partial charge in [-0.25, -0.2) is 4.68 Å². The third-order valence-electron chi connectivity index (χ3n) is 5.44. The van der Waals surface area contributed by atoms with Crippen LogP contribution < -0.4 is 10.5 Å². The van der Waals surface area contributed by atoms with Gasteiger partial charge in [-0.2, -0.15) is 0 Å². The molecule has 0 N–H and O–H groups in total. The van der Waals surface area contributed by atoms with Crippen LogP contribution in [0.25, 0.3) is 5.69 Å². The van der Waals surface area contributed by atoms with E-state index in [0.29, 0.717) is 11.6 Å². The summed E-state index contributed by atoms with van der Waals surface area (Å²) in [6.07, 6.45) is 0. The fourth-order valence-electron chi connectivity index (χ4n) is 3.85. The molecular weight excluding hydrogens is 372 g/mol. The van der Waals surface area contributed by atoms with E-state index in [-0.39, 0.29) is 5.56 Å². The maximum atomic E-state index is 12.7. The minimum Gasteiger partial charge on any atom is -0.369 e. The highest BCUT2D eigenvalue weighted by Crippen LogP contribution is 2.21. The van der Waals surface area contributed by atoms with Gasteiger partial charge in [0.05, 0.1) is 11.4 Å². The molecule has 5 nitrogen and oxygen atoms in total. The zero-order valence-electron chi connectivity index (χ0n) is 16.3. The smallest absolute Gasteiger partial charge is 0.290 e. The van der Waals surface area contributed by atoms with Crippen LogP contribution in [0.15, 0.2) is 59.4 Å². The van der Waals surface area contributed by atoms with Crippen molar-refractivity contribution in [3.05, 3.63) is 81.2 Å². The predicted molar refractivity (Wildman–Crippen MR) is 115 cm³/mol. The highest BCUT2D eigenvalue weighted by atomic mass is 35.5. The second-order valence-corrected chi connectivity index (χ2v) is 7.72.